The van der Waals surface area contributed by atoms with E-state index in [2.05, 4.69) is 6.58 Å². The lowest BCUT2D eigenvalue weighted by atomic mass is 9.83. The molecular formula is C22H26O8. The highest BCUT2D eigenvalue weighted by molar-refractivity contribution is 5.92. The van der Waals surface area contributed by atoms with Gasteiger partial charge in [-0.2, -0.15) is 0 Å². The fourth-order valence-corrected chi connectivity index (χ4v) is 3.87. The first-order chi connectivity index (χ1) is 14.0. The zero-order valence-corrected chi connectivity index (χ0v) is 17.5. The summed E-state index contributed by atoms with van der Waals surface area (Å²) in [5.74, 6) is -4.08. The molecule has 0 aliphatic carbocycles. The second-order valence-electron chi connectivity index (χ2n) is 7.96. The fraction of sp³-hybridized carbons (Fsp3) is 0.500. The summed E-state index contributed by atoms with van der Waals surface area (Å²) < 4.78 is 22.0. The van der Waals surface area contributed by atoms with E-state index >= 15 is 0 Å². The molecule has 0 aromatic heterocycles. The Morgan fingerprint density at radius 1 is 1.40 bits per heavy atom. The number of allylic oxidation sites excluding steroid dienone is 1. The van der Waals surface area contributed by atoms with Crippen molar-refractivity contribution >= 4 is 17.9 Å². The standard InChI is InChI=1S/C22H26O8/c1-6-15(11-27-14(4)23)20(25)29-17-10-21(5)7-8-22(26,30-21)12(2)9-16-18(17)13(3)19(24)28-16/h6-9,16-18,26H,3,10-11H2,1-2,4-5H3/b12-9-,15-6-/t16-,17-,18+,21+,22-/m0/s1. The van der Waals surface area contributed by atoms with Gasteiger partial charge in [-0.05, 0) is 38.5 Å². The molecule has 0 spiro atoms. The molecular weight excluding hydrogens is 392 g/mol. The molecule has 1 N–H and O–H groups in total. The number of carbonyl (C=O) groups is 3. The maximum absolute atomic E-state index is 12.8. The van der Waals surface area contributed by atoms with Gasteiger partial charge >= 0.3 is 17.9 Å². The lowest BCUT2D eigenvalue weighted by molar-refractivity contribution is -0.188. The van der Waals surface area contributed by atoms with E-state index in [-0.39, 0.29) is 24.2 Å². The minimum Gasteiger partial charge on any atom is -0.461 e. The highest BCUT2D eigenvalue weighted by Gasteiger charge is 2.52. The fourth-order valence-electron chi connectivity index (χ4n) is 3.87. The van der Waals surface area contributed by atoms with Gasteiger partial charge in [-0.1, -0.05) is 18.7 Å². The predicted octanol–water partition coefficient (Wildman–Crippen LogP) is 1.89. The van der Waals surface area contributed by atoms with Crippen molar-refractivity contribution in [1.82, 2.24) is 0 Å². The van der Waals surface area contributed by atoms with Crippen LogP contribution in [-0.2, 0) is 33.3 Å². The molecule has 0 amide bonds. The molecule has 3 aliphatic heterocycles. The van der Waals surface area contributed by atoms with E-state index in [0.717, 1.165) is 0 Å². The predicted molar refractivity (Wildman–Crippen MR) is 105 cm³/mol. The van der Waals surface area contributed by atoms with Crippen molar-refractivity contribution in [3.05, 3.63) is 47.6 Å². The summed E-state index contributed by atoms with van der Waals surface area (Å²) in [4.78, 5) is 36.1. The Bertz CT molecular complexity index is 882. The zero-order valence-electron chi connectivity index (χ0n) is 17.5. The van der Waals surface area contributed by atoms with E-state index in [9.17, 15) is 19.5 Å². The van der Waals surface area contributed by atoms with Crippen molar-refractivity contribution in [3.63, 3.8) is 0 Å². The Balaban J connectivity index is 1.94. The van der Waals surface area contributed by atoms with Crippen molar-refractivity contribution in [2.75, 3.05) is 6.61 Å². The van der Waals surface area contributed by atoms with Crippen LogP contribution in [0, 0.1) is 5.92 Å². The van der Waals surface area contributed by atoms with E-state index < -0.39 is 47.4 Å². The van der Waals surface area contributed by atoms with Crippen LogP contribution in [0.2, 0.25) is 0 Å². The molecule has 2 bridgehead atoms. The first-order valence-electron chi connectivity index (χ1n) is 9.69. The van der Waals surface area contributed by atoms with Gasteiger partial charge in [-0.15, -0.1) is 0 Å². The zero-order chi connectivity index (χ0) is 22.3. The molecule has 3 heterocycles. The van der Waals surface area contributed by atoms with Gasteiger partial charge in [-0.3, -0.25) is 4.79 Å². The summed E-state index contributed by atoms with van der Waals surface area (Å²) >= 11 is 0. The van der Waals surface area contributed by atoms with Crippen LogP contribution in [-0.4, -0.2) is 53.2 Å². The summed E-state index contributed by atoms with van der Waals surface area (Å²) in [6, 6.07) is 0. The molecule has 1 fully saturated rings. The molecule has 0 aromatic rings. The topological polar surface area (TPSA) is 108 Å². The maximum Gasteiger partial charge on any atom is 0.337 e. The lowest BCUT2D eigenvalue weighted by Gasteiger charge is -2.33. The Kier molecular flexibility index (Phi) is 5.75. The molecule has 1 saturated heterocycles. The van der Waals surface area contributed by atoms with Crippen LogP contribution >= 0.6 is 0 Å². The van der Waals surface area contributed by atoms with Gasteiger partial charge in [0.1, 0.15) is 18.8 Å². The third-order valence-corrected chi connectivity index (χ3v) is 5.60. The smallest absolute Gasteiger partial charge is 0.337 e. The summed E-state index contributed by atoms with van der Waals surface area (Å²) in [7, 11) is 0. The third kappa shape index (κ3) is 4.11. The van der Waals surface area contributed by atoms with Crippen LogP contribution in [0.1, 0.15) is 34.1 Å². The van der Waals surface area contributed by atoms with Crippen LogP contribution < -0.4 is 0 Å². The molecule has 3 rings (SSSR count). The average molecular weight is 418 g/mol. The number of fused-ring (bicyclic) bond motifs is 3. The van der Waals surface area contributed by atoms with Crippen molar-refractivity contribution in [3.8, 4) is 0 Å². The molecule has 0 aromatic carbocycles. The molecule has 8 nitrogen and oxygen atoms in total. The van der Waals surface area contributed by atoms with Crippen molar-refractivity contribution in [2.24, 2.45) is 5.92 Å². The number of hydrogen-bond donors (Lipinski definition) is 1. The van der Waals surface area contributed by atoms with Gasteiger partial charge in [-0.25, -0.2) is 9.59 Å². The summed E-state index contributed by atoms with van der Waals surface area (Å²) in [5.41, 5.74) is -0.160. The average Bonchev–Trinajstić information content (AvgIpc) is 3.11. The van der Waals surface area contributed by atoms with E-state index in [1.54, 1.807) is 32.9 Å². The van der Waals surface area contributed by atoms with Crippen LogP contribution in [0.25, 0.3) is 0 Å². The van der Waals surface area contributed by atoms with Gasteiger partial charge in [0.15, 0.2) is 0 Å². The number of ether oxygens (including phenoxy) is 4. The molecule has 3 aliphatic rings. The van der Waals surface area contributed by atoms with Crippen LogP contribution in [0.4, 0.5) is 0 Å². The minimum atomic E-state index is -1.64. The molecule has 8 heteroatoms. The normalized spacial score (nSPS) is 37.3. The monoisotopic (exact) mass is 418 g/mol. The van der Waals surface area contributed by atoms with Crippen molar-refractivity contribution in [2.45, 2.75) is 57.7 Å². The molecule has 5 atom stereocenters. The van der Waals surface area contributed by atoms with Gasteiger partial charge in [0, 0.05) is 18.9 Å². The maximum atomic E-state index is 12.8. The molecule has 0 saturated carbocycles. The SMILES string of the molecule is C=C1C(=O)O[C@H]2/C=C(/C)[C@]3(O)C=C[C@](C)(C[C@H](OC(=O)/C(=C\C)COC(C)=O)[C@H]12)O3. The van der Waals surface area contributed by atoms with Crippen LogP contribution in [0.15, 0.2) is 47.6 Å². The van der Waals surface area contributed by atoms with E-state index in [1.807, 2.05) is 0 Å². The molecule has 0 radical (unpaired) electrons. The van der Waals surface area contributed by atoms with Gasteiger partial charge in [0.25, 0.3) is 0 Å². The van der Waals surface area contributed by atoms with Crippen LogP contribution in [0.3, 0.4) is 0 Å². The summed E-state index contributed by atoms with van der Waals surface area (Å²) in [5, 5.41) is 10.8. The van der Waals surface area contributed by atoms with Gasteiger partial charge in [0.2, 0.25) is 5.79 Å². The van der Waals surface area contributed by atoms with Crippen molar-refractivity contribution in [1.29, 1.82) is 0 Å². The number of hydrogen-bond acceptors (Lipinski definition) is 8. The molecule has 0 unspecified atom stereocenters. The van der Waals surface area contributed by atoms with Gasteiger partial charge in [0.05, 0.1) is 17.1 Å². The Morgan fingerprint density at radius 2 is 2.10 bits per heavy atom. The summed E-state index contributed by atoms with van der Waals surface area (Å²) in [6.07, 6.45) is 4.88. The van der Waals surface area contributed by atoms with E-state index in [4.69, 9.17) is 18.9 Å². The number of rotatable bonds is 4. The van der Waals surface area contributed by atoms with Crippen LogP contribution in [0.5, 0.6) is 0 Å². The number of esters is 3. The largest absolute Gasteiger partial charge is 0.461 e. The minimum absolute atomic E-state index is 0.153. The van der Waals surface area contributed by atoms with E-state index in [0.29, 0.717) is 5.57 Å². The second kappa shape index (κ2) is 7.85. The third-order valence-electron chi connectivity index (χ3n) is 5.60. The Morgan fingerprint density at radius 3 is 2.73 bits per heavy atom. The highest BCUT2D eigenvalue weighted by Crippen LogP contribution is 2.44. The Hall–Kier alpha value is -2.71. The van der Waals surface area contributed by atoms with E-state index in [1.165, 1.54) is 19.1 Å². The lowest BCUT2D eigenvalue weighted by Crippen LogP contribution is -2.41. The Labute approximate surface area is 174 Å². The molecule has 30 heavy (non-hydrogen) atoms. The quantitative estimate of drug-likeness (QED) is 0.319. The van der Waals surface area contributed by atoms with Crippen molar-refractivity contribution < 1.29 is 38.4 Å². The first kappa shape index (κ1) is 22.0. The van der Waals surface area contributed by atoms with Gasteiger partial charge < -0.3 is 24.1 Å². The summed E-state index contributed by atoms with van der Waals surface area (Å²) in [6.45, 7) is 9.90. The second-order valence-corrected chi connectivity index (χ2v) is 7.96. The molecule has 162 valence electrons. The highest BCUT2D eigenvalue weighted by atomic mass is 16.6. The number of carbonyl (C=O) groups excluding carboxylic acids is 3. The first-order valence-corrected chi connectivity index (χ1v) is 9.69. The number of aliphatic hydroxyl groups is 1.